The van der Waals surface area contributed by atoms with Crippen molar-refractivity contribution in [1.29, 1.82) is 0 Å². The van der Waals surface area contributed by atoms with Crippen LogP contribution in [0.4, 0.5) is 0 Å². The predicted octanol–water partition coefficient (Wildman–Crippen LogP) is 8.25. The molecule has 3 aromatic carbocycles. The molecule has 2 heteroatoms. The topological polar surface area (TPSA) is 9.23 Å². The summed E-state index contributed by atoms with van der Waals surface area (Å²) in [5, 5.41) is 2.57. The summed E-state index contributed by atoms with van der Waals surface area (Å²) in [6.07, 6.45) is 9.14. The summed E-state index contributed by atoms with van der Waals surface area (Å²) in [6.45, 7) is 13.5. The van der Waals surface area contributed by atoms with Crippen LogP contribution in [0.5, 0.6) is 5.75 Å². The normalized spacial score (nSPS) is 12.3. The highest BCUT2D eigenvalue weighted by Gasteiger charge is 2.52. The van der Waals surface area contributed by atoms with E-state index in [1.54, 1.807) is 0 Å². The van der Waals surface area contributed by atoms with E-state index in [2.05, 4.69) is 139 Å². The molecular formula is C33H42OSi. The minimum absolute atomic E-state index is 0.0395. The van der Waals surface area contributed by atoms with Gasteiger partial charge in [0.2, 0.25) is 0 Å². The Labute approximate surface area is 214 Å². The highest BCUT2D eigenvalue weighted by Crippen LogP contribution is 2.37. The molecule has 0 aliphatic carbocycles. The van der Waals surface area contributed by atoms with Crippen LogP contribution in [-0.4, -0.2) is 8.32 Å². The lowest BCUT2D eigenvalue weighted by atomic mass is 10.1. The van der Waals surface area contributed by atoms with E-state index in [0.29, 0.717) is 0 Å². The van der Waals surface area contributed by atoms with Gasteiger partial charge in [0.05, 0.1) is 0 Å². The summed E-state index contributed by atoms with van der Waals surface area (Å²) in [6, 6.07) is 30.5. The number of aryl methyl sites for hydroxylation is 1. The average molecular weight is 483 g/mol. The molecule has 0 fully saturated rings. The standard InChI is InChI=1S/C33H42OSi/c1-27(2)15-13-16-28(3)17-14-18-29-23-25-30(26-24-29)34-35(33(4,5)6,31-19-9-7-10-20-31)32-21-11-8-12-22-32/h7-12,15,17,19-26H,13-14,16,18H2,1-6H3/b28-17+. The van der Waals surface area contributed by atoms with Crippen LogP contribution in [-0.2, 0) is 6.42 Å². The van der Waals surface area contributed by atoms with Crippen molar-refractivity contribution in [1.82, 2.24) is 0 Å². The van der Waals surface area contributed by atoms with Crippen molar-refractivity contribution < 1.29 is 4.43 Å². The Bertz CT molecular complexity index is 1060. The van der Waals surface area contributed by atoms with Crippen LogP contribution >= 0.6 is 0 Å². The summed E-state index contributed by atoms with van der Waals surface area (Å²) < 4.78 is 7.12. The van der Waals surface area contributed by atoms with E-state index in [9.17, 15) is 0 Å². The van der Waals surface area contributed by atoms with E-state index < -0.39 is 8.32 Å². The third kappa shape index (κ3) is 7.08. The van der Waals surface area contributed by atoms with Gasteiger partial charge in [-0.1, -0.05) is 117 Å². The van der Waals surface area contributed by atoms with Crippen molar-refractivity contribution >= 4 is 18.7 Å². The molecule has 35 heavy (non-hydrogen) atoms. The van der Waals surface area contributed by atoms with Crippen molar-refractivity contribution in [2.24, 2.45) is 0 Å². The molecule has 0 atom stereocenters. The van der Waals surface area contributed by atoms with Crippen LogP contribution in [0.2, 0.25) is 5.04 Å². The maximum Gasteiger partial charge on any atom is 0.319 e. The Morgan fingerprint density at radius 3 is 1.74 bits per heavy atom. The predicted molar refractivity (Wildman–Crippen MR) is 155 cm³/mol. The SMILES string of the molecule is CC(C)=CCC/C(C)=C/CCc1ccc(O[Si](c2ccccc2)(c2ccccc2)C(C)(C)C)cc1. The molecule has 0 aliphatic rings. The van der Waals surface area contributed by atoms with Gasteiger partial charge in [-0.3, -0.25) is 0 Å². The number of allylic oxidation sites excluding steroid dienone is 4. The molecule has 0 N–H and O–H groups in total. The fourth-order valence-corrected chi connectivity index (χ4v) is 9.15. The highest BCUT2D eigenvalue weighted by atomic mass is 28.4. The van der Waals surface area contributed by atoms with Crippen molar-refractivity contribution in [2.45, 2.75) is 72.3 Å². The Kier molecular flexibility index (Phi) is 9.34. The first-order valence-corrected chi connectivity index (χ1v) is 14.8. The van der Waals surface area contributed by atoms with Crippen LogP contribution in [0.1, 0.15) is 66.4 Å². The summed E-state index contributed by atoms with van der Waals surface area (Å²) in [5.74, 6) is 0.955. The lowest BCUT2D eigenvalue weighted by Crippen LogP contribution is -2.68. The van der Waals surface area contributed by atoms with Crippen LogP contribution in [0, 0.1) is 0 Å². The summed E-state index contributed by atoms with van der Waals surface area (Å²) in [5.41, 5.74) is 4.24. The zero-order valence-corrected chi connectivity index (χ0v) is 23.5. The average Bonchev–Trinajstić information content (AvgIpc) is 2.83. The first-order valence-electron chi connectivity index (χ1n) is 12.9. The molecule has 0 unspecified atom stereocenters. The number of hydrogen-bond acceptors (Lipinski definition) is 1. The third-order valence-electron chi connectivity index (χ3n) is 6.63. The largest absolute Gasteiger partial charge is 0.534 e. The summed E-state index contributed by atoms with van der Waals surface area (Å²) in [7, 11) is -2.58. The molecule has 3 rings (SSSR count). The fraction of sp³-hybridized carbons (Fsp3) is 0.333. The third-order valence-corrected chi connectivity index (χ3v) is 11.6. The van der Waals surface area contributed by atoms with E-state index in [1.165, 1.54) is 27.1 Å². The minimum Gasteiger partial charge on any atom is -0.534 e. The Balaban J connectivity index is 1.80. The monoisotopic (exact) mass is 482 g/mol. The molecule has 0 saturated carbocycles. The van der Waals surface area contributed by atoms with Gasteiger partial charge in [-0.25, -0.2) is 0 Å². The second-order valence-corrected chi connectivity index (χ2v) is 15.0. The lowest BCUT2D eigenvalue weighted by molar-refractivity contribution is 0.508. The molecule has 0 bridgehead atoms. The Morgan fingerprint density at radius 1 is 0.714 bits per heavy atom. The van der Waals surface area contributed by atoms with Gasteiger partial charge >= 0.3 is 8.32 Å². The van der Waals surface area contributed by atoms with Gasteiger partial charge in [0.15, 0.2) is 0 Å². The van der Waals surface area contributed by atoms with Crippen molar-refractivity contribution in [2.75, 3.05) is 0 Å². The maximum atomic E-state index is 7.12. The summed E-state index contributed by atoms with van der Waals surface area (Å²) in [4.78, 5) is 0. The van der Waals surface area contributed by atoms with Crippen molar-refractivity contribution in [3.63, 3.8) is 0 Å². The first-order chi connectivity index (χ1) is 16.7. The second-order valence-electron chi connectivity index (χ2n) is 10.8. The number of benzene rings is 3. The Hall–Kier alpha value is -2.84. The molecule has 0 saturated heterocycles. The first kappa shape index (κ1) is 26.8. The second kappa shape index (κ2) is 12.2. The van der Waals surface area contributed by atoms with Gasteiger partial charge in [0.1, 0.15) is 5.75 Å². The van der Waals surface area contributed by atoms with Gasteiger partial charge in [-0.15, -0.1) is 0 Å². The quantitative estimate of drug-likeness (QED) is 0.209. The van der Waals surface area contributed by atoms with Crippen LogP contribution < -0.4 is 14.8 Å². The Morgan fingerprint density at radius 2 is 1.26 bits per heavy atom. The van der Waals surface area contributed by atoms with Crippen LogP contribution in [0.15, 0.2) is 108 Å². The molecule has 0 aliphatic heterocycles. The lowest BCUT2D eigenvalue weighted by Gasteiger charge is -2.43. The molecule has 0 spiro atoms. The van der Waals surface area contributed by atoms with E-state index in [0.717, 1.165) is 31.4 Å². The summed E-state index contributed by atoms with van der Waals surface area (Å²) >= 11 is 0. The van der Waals surface area contributed by atoms with Crippen LogP contribution in [0.25, 0.3) is 0 Å². The minimum atomic E-state index is -2.58. The van der Waals surface area contributed by atoms with E-state index in [1.807, 2.05) is 0 Å². The molecule has 1 nitrogen and oxygen atoms in total. The zero-order chi connectivity index (χ0) is 25.3. The fourth-order valence-electron chi connectivity index (χ4n) is 4.73. The zero-order valence-electron chi connectivity index (χ0n) is 22.5. The molecular weight excluding hydrogens is 440 g/mol. The maximum absolute atomic E-state index is 7.12. The van der Waals surface area contributed by atoms with Gasteiger partial charge in [0.25, 0.3) is 0 Å². The van der Waals surface area contributed by atoms with Gasteiger partial charge in [-0.2, -0.15) is 0 Å². The van der Waals surface area contributed by atoms with Crippen molar-refractivity contribution in [3.8, 4) is 5.75 Å². The van der Waals surface area contributed by atoms with Gasteiger partial charge in [-0.05, 0) is 79.6 Å². The molecule has 0 aromatic heterocycles. The molecule has 0 radical (unpaired) electrons. The number of rotatable bonds is 10. The van der Waals surface area contributed by atoms with E-state index in [-0.39, 0.29) is 5.04 Å². The van der Waals surface area contributed by atoms with Crippen molar-refractivity contribution in [3.05, 3.63) is 114 Å². The van der Waals surface area contributed by atoms with E-state index in [4.69, 9.17) is 4.43 Å². The van der Waals surface area contributed by atoms with Gasteiger partial charge < -0.3 is 4.43 Å². The number of hydrogen-bond donors (Lipinski definition) is 0. The van der Waals surface area contributed by atoms with E-state index >= 15 is 0 Å². The van der Waals surface area contributed by atoms with Crippen LogP contribution in [0.3, 0.4) is 0 Å². The smallest absolute Gasteiger partial charge is 0.319 e. The molecule has 3 aromatic rings. The highest BCUT2D eigenvalue weighted by molar-refractivity contribution is 7.00. The van der Waals surface area contributed by atoms with Gasteiger partial charge in [0, 0.05) is 0 Å². The molecule has 0 heterocycles. The molecule has 0 amide bonds. The molecule has 184 valence electrons.